The fourth-order valence-corrected chi connectivity index (χ4v) is 6.72. The molecular weight excluding hydrogens is 434 g/mol. The van der Waals surface area contributed by atoms with Gasteiger partial charge in [-0.2, -0.15) is 9.57 Å². The van der Waals surface area contributed by atoms with Gasteiger partial charge < -0.3 is 0 Å². The first-order valence-electron chi connectivity index (χ1n) is 9.55. The molecular formula is C18H24ClN5O3S2. The van der Waals surface area contributed by atoms with E-state index >= 15 is 0 Å². The molecule has 0 aliphatic carbocycles. The highest BCUT2D eigenvalue weighted by molar-refractivity contribution is 7.99. The van der Waals surface area contributed by atoms with Gasteiger partial charge in [0.05, 0.1) is 11.0 Å². The van der Waals surface area contributed by atoms with Crippen molar-refractivity contribution in [2.45, 2.75) is 36.0 Å². The summed E-state index contributed by atoms with van der Waals surface area (Å²) in [6.45, 7) is 1.49. The van der Waals surface area contributed by atoms with E-state index in [-0.39, 0.29) is 23.1 Å². The van der Waals surface area contributed by atoms with Crippen LogP contribution >= 0.6 is 23.4 Å². The predicted octanol–water partition coefficient (Wildman–Crippen LogP) is 1.81. The summed E-state index contributed by atoms with van der Waals surface area (Å²) in [5.74, 6) is 1.65. The first-order chi connectivity index (χ1) is 13.9. The van der Waals surface area contributed by atoms with E-state index in [4.69, 9.17) is 16.4 Å². The van der Waals surface area contributed by atoms with Crippen LogP contribution in [0.4, 0.5) is 0 Å². The van der Waals surface area contributed by atoms with E-state index in [0.717, 1.165) is 11.6 Å². The molecule has 3 aliphatic heterocycles. The third-order valence-corrected chi connectivity index (χ3v) is 8.97. The fourth-order valence-electron chi connectivity index (χ4n) is 3.97. The number of nitriles is 1. The first-order valence-corrected chi connectivity index (χ1v) is 12.5. The van der Waals surface area contributed by atoms with E-state index in [9.17, 15) is 13.7 Å². The molecule has 4 rings (SSSR count). The van der Waals surface area contributed by atoms with Crippen LogP contribution in [-0.2, 0) is 14.9 Å². The summed E-state index contributed by atoms with van der Waals surface area (Å²) >= 11 is 7.64. The van der Waals surface area contributed by atoms with Gasteiger partial charge in [-0.05, 0) is 37.1 Å². The molecule has 3 saturated heterocycles. The largest absolute Gasteiger partial charge is 0.279 e. The Bertz CT molecular complexity index is 870. The lowest BCUT2D eigenvalue weighted by Crippen LogP contribution is -2.67. The highest BCUT2D eigenvalue weighted by Gasteiger charge is 2.45. The van der Waals surface area contributed by atoms with Crippen molar-refractivity contribution < 1.29 is 13.3 Å². The number of hydrogen-bond acceptors (Lipinski definition) is 8. The van der Waals surface area contributed by atoms with Gasteiger partial charge in [0, 0.05) is 42.8 Å². The molecule has 11 heteroatoms. The average Bonchev–Trinajstić information content (AvgIpc) is 3.15. The molecule has 0 bridgehead atoms. The zero-order valence-corrected chi connectivity index (χ0v) is 18.5. The van der Waals surface area contributed by atoms with Crippen molar-refractivity contribution in [1.82, 2.24) is 19.4 Å². The lowest BCUT2D eigenvalue weighted by molar-refractivity contribution is -0.419. The van der Waals surface area contributed by atoms with Gasteiger partial charge in [0.15, 0.2) is 0 Å². The fraction of sp³-hybridized carbons (Fsp3) is 0.611. The number of hydrazine groups is 1. The SMILES string of the molecule is CN(C1CCN(S(=O)(=O)c2ccc(Cl)cc2)CC1)N1OCC1N1CSCC1C#N. The van der Waals surface area contributed by atoms with Crippen molar-refractivity contribution in [3.05, 3.63) is 29.3 Å². The van der Waals surface area contributed by atoms with Crippen molar-refractivity contribution >= 4 is 33.4 Å². The monoisotopic (exact) mass is 457 g/mol. The van der Waals surface area contributed by atoms with Gasteiger partial charge in [0.25, 0.3) is 0 Å². The number of benzene rings is 1. The smallest absolute Gasteiger partial charge is 0.243 e. The van der Waals surface area contributed by atoms with Gasteiger partial charge in [0.1, 0.15) is 18.8 Å². The molecule has 0 aromatic heterocycles. The Balaban J connectivity index is 1.36. The molecule has 0 saturated carbocycles. The van der Waals surface area contributed by atoms with Gasteiger partial charge in [-0.25, -0.2) is 13.4 Å². The van der Waals surface area contributed by atoms with Crippen LogP contribution in [-0.4, -0.2) is 84.4 Å². The Morgan fingerprint density at radius 1 is 1.28 bits per heavy atom. The van der Waals surface area contributed by atoms with E-state index in [1.165, 1.54) is 4.31 Å². The lowest BCUT2D eigenvalue weighted by atomic mass is 10.1. The summed E-state index contributed by atoms with van der Waals surface area (Å²) in [5.41, 5.74) is 0. The molecule has 3 fully saturated rings. The standard InChI is InChI=1S/C18H24ClN5O3S2/c1-21(24-18(11-27-24)23-13-28-12-16(23)10-20)15-6-8-22(9-7-15)29(25,26)17-4-2-14(19)3-5-17/h2-5,15-16,18H,6-9,11-13H2,1H3. The highest BCUT2D eigenvalue weighted by atomic mass is 35.5. The summed E-state index contributed by atoms with van der Waals surface area (Å²) in [4.78, 5) is 8.14. The minimum absolute atomic E-state index is 0.0653. The third kappa shape index (κ3) is 4.16. The molecule has 8 nitrogen and oxygen atoms in total. The molecule has 0 N–H and O–H groups in total. The minimum Gasteiger partial charge on any atom is -0.279 e. The van der Waals surface area contributed by atoms with Crippen LogP contribution in [0.3, 0.4) is 0 Å². The number of piperidine rings is 1. The Morgan fingerprint density at radius 2 is 1.97 bits per heavy atom. The van der Waals surface area contributed by atoms with E-state index in [2.05, 4.69) is 16.0 Å². The molecule has 3 aliphatic rings. The average molecular weight is 458 g/mol. The molecule has 1 aromatic rings. The molecule has 158 valence electrons. The quantitative estimate of drug-likeness (QED) is 0.662. The Kier molecular flexibility index (Phi) is 6.39. The summed E-state index contributed by atoms with van der Waals surface area (Å²) < 4.78 is 27.3. The zero-order chi connectivity index (χ0) is 20.6. The maximum absolute atomic E-state index is 12.9. The number of sulfonamides is 1. The lowest BCUT2D eigenvalue weighted by Gasteiger charge is -2.51. The molecule has 2 atom stereocenters. The van der Waals surface area contributed by atoms with Crippen LogP contribution in [0.15, 0.2) is 29.2 Å². The van der Waals surface area contributed by atoms with Crippen LogP contribution in [0.5, 0.6) is 0 Å². The van der Waals surface area contributed by atoms with Crippen LogP contribution in [0, 0.1) is 11.3 Å². The third-order valence-electron chi connectivity index (χ3n) is 5.77. The van der Waals surface area contributed by atoms with E-state index < -0.39 is 10.0 Å². The molecule has 2 unspecified atom stereocenters. The van der Waals surface area contributed by atoms with E-state index in [1.807, 2.05) is 12.2 Å². The second-order valence-electron chi connectivity index (χ2n) is 7.40. The van der Waals surface area contributed by atoms with Crippen LogP contribution < -0.4 is 0 Å². The molecule has 1 aromatic carbocycles. The van der Waals surface area contributed by atoms with Gasteiger partial charge in [-0.3, -0.25) is 9.74 Å². The number of thioether (sulfide) groups is 1. The van der Waals surface area contributed by atoms with Crippen LogP contribution in [0.1, 0.15) is 12.8 Å². The molecule has 0 spiro atoms. The van der Waals surface area contributed by atoms with Crippen LogP contribution in [0.2, 0.25) is 5.02 Å². The second kappa shape index (κ2) is 8.69. The van der Waals surface area contributed by atoms with Gasteiger partial charge >= 0.3 is 0 Å². The van der Waals surface area contributed by atoms with Crippen molar-refractivity contribution in [3.8, 4) is 6.07 Å². The molecule has 0 amide bonds. The number of rotatable bonds is 5. The number of halogens is 1. The minimum atomic E-state index is -3.51. The normalized spacial score (nSPS) is 27.8. The predicted molar refractivity (Wildman–Crippen MR) is 111 cm³/mol. The number of hydrogen-bond donors (Lipinski definition) is 0. The Hall–Kier alpha value is -0.900. The molecule has 29 heavy (non-hydrogen) atoms. The highest BCUT2D eigenvalue weighted by Crippen LogP contribution is 2.32. The summed E-state index contributed by atoms with van der Waals surface area (Å²) in [6, 6.07) is 8.76. The zero-order valence-electron chi connectivity index (χ0n) is 16.1. The van der Waals surface area contributed by atoms with Crippen LogP contribution in [0.25, 0.3) is 0 Å². The maximum Gasteiger partial charge on any atom is 0.243 e. The molecule has 3 heterocycles. The van der Waals surface area contributed by atoms with Crippen molar-refractivity contribution in [2.75, 3.05) is 38.4 Å². The number of nitrogens with zero attached hydrogens (tertiary/aromatic N) is 5. The Labute approximate surface area is 180 Å². The van der Waals surface area contributed by atoms with E-state index in [1.54, 1.807) is 36.0 Å². The summed E-state index contributed by atoms with van der Waals surface area (Å²) in [5, 5.41) is 13.8. The Morgan fingerprint density at radius 3 is 2.55 bits per heavy atom. The maximum atomic E-state index is 12.9. The molecule has 0 radical (unpaired) electrons. The first kappa shape index (κ1) is 21.3. The van der Waals surface area contributed by atoms with Crippen molar-refractivity contribution in [3.63, 3.8) is 0 Å². The van der Waals surface area contributed by atoms with Gasteiger partial charge in [-0.15, -0.1) is 16.9 Å². The number of hydroxylamine groups is 1. The van der Waals surface area contributed by atoms with Crippen molar-refractivity contribution in [1.29, 1.82) is 5.26 Å². The van der Waals surface area contributed by atoms with Gasteiger partial charge in [-0.1, -0.05) is 11.6 Å². The van der Waals surface area contributed by atoms with Crippen molar-refractivity contribution in [2.24, 2.45) is 0 Å². The van der Waals surface area contributed by atoms with E-state index in [0.29, 0.717) is 37.6 Å². The summed E-state index contributed by atoms with van der Waals surface area (Å²) in [7, 11) is -1.53. The van der Waals surface area contributed by atoms with Gasteiger partial charge in [0.2, 0.25) is 10.0 Å². The topological polar surface area (TPSA) is 80.1 Å². The summed E-state index contributed by atoms with van der Waals surface area (Å²) in [6.07, 6.45) is 1.49. The second-order valence-corrected chi connectivity index (χ2v) is 10.8.